The van der Waals surface area contributed by atoms with Crippen LogP contribution in [0.1, 0.15) is 51.5 Å². The Bertz CT molecular complexity index is 889. The van der Waals surface area contributed by atoms with E-state index in [2.05, 4.69) is 31.1 Å². The van der Waals surface area contributed by atoms with E-state index in [4.69, 9.17) is 0 Å². The van der Waals surface area contributed by atoms with Crippen LogP contribution in [0, 0.1) is 16.7 Å². The zero-order valence-electron chi connectivity index (χ0n) is 15.4. The highest BCUT2D eigenvalue weighted by molar-refractivity contribution is 7.18. The molecule has 2 heterocycles. The van der Waals surface area contributed by atoms with E-state index in [-0.39, 0.29) is 17.5 Å². The lowest BCUT2D eigenvalue weighted by atomic mass is 9.72. The van der Waals surface area contributed by atoms with Gasteiger partial charge in [0.05, 0.1) is 17.3 Å². The van der Waals surface area contributed by atoms with Crippen LogP contribution in [-0.4, -0.2) is 26.1 Å². The molecule has 3 rings (SSSR count). The first-order valence-electron chi connectivity index (χ1n) is 8.62. The van der Waals surface area contributed by atoms with Crippen LogP contribution < -0.4 is 5.56 Å². The van der Waals surface area contributed by atoms with Gasteiger partial charge in [-0.2, -0.15) is 0 Å². The first kappa shape index (κ1) is 18.0. The molecule has 0 radical (unpaired) electrons. The molecule has 0 aromatic carbocycles. The van der Waals surface area contributed by atoms with Crippen LogP contribution in [0.4, 0.5) is 0 Å². The number of rotatable bonds is 3. The predicted octanol–water partition coefficient (Wildman–Crippen LogP) is 3.11. The average Bonchev–Trinajstić information content (AvgIpc) is 2.87. The Hall–Kier alpha value is -1.76. The standard InChI is InChI=1S/C18H25N3O3S/c1-17(2,3)10-6-7-11-12(8-10)25-14-13(11)15(22)21(20-19-14)9-18(4,5)16(23)24/h10H,6-9H2,1-5H3,(H,23,24). The van der Waals surface area contributed by atoms with Gasteiger partial charge in [0.25, 0.3) is 5.56 Å². The highest BCUT2D eigenvalue weighted by Gasteiger charge is 2.33. The molecule has 25 heavy (non-hydrogen) atoms. The van der Waals surface area contributed by atoms with E-state index in [0.29, 0.717) is 16.1 Å². The lowest BCUT2D eigenvalue weighted by molar-refractivity contribution is -0.147. The number of thiophene rings is 1. The SMILES string of the molecule is CC(C)(Cn1nnc2sc3c(c2c1=O)CCC(C(C)(C)C)C3)C(=O)O. The van der Waals surface area contributed by atoms with Crippen molar-refractivity contribution in [1.29, 1.82) is 0 Å². The summed E-state index contributed by atoms with van der Waals surface area (Å²) in [5.74, 6) is -0.365. The summed E-state index contributed by atoms with van der Waals surface area (Å²) in [4.78, 5) is 26.2. The van der Waals surface area contributed by atoms with Crippen LogP contribution in [0.3, 0.4) is 0 Å². The third kappa shape index (κ3) is 3.21. The summed E-state index contributed by atoms with van der Waals surface area (Å²) >= 11 is 1.56. The number of carboxylic acids is 1. The molecular formula is C18H25N3O3S. The Morgan fingerprint density at radius 3 is 2.60 bits per heavy atom. The van der Waals surface area contributed by atoms with E-state index < -0.39 is 11.4 Å². The number of carboxylic acid groups (broad SMARTS) is 1. The van der Waals surface area contributed by atoms with Gasteiger partial charge in [0.2, 0.25) is 0 Å². The van der Waals surface area contributed by atoms with Gasteiger partial charge in [-0.25, -0.2) is 4.68 Å². The van der Waals surface area contributed by atoms with Gasteiger partial charge in [-0.15, -0.1) is 16.4 Å². The Morgan fingerprint density at radius 2 is 2.00 bits per heavy atom. The van der Waals surface area contributed by atoms with Crippen molar-refractivity contribution in [3.63, 3.8) is 0 Å². The van der Waals surface area contributed by atoms with Crippen molar-refractivity contribution in [1.82, 2.24) is 15.0 Å². The summed E-state index contributed by atoms with van der Waals surface area (Å²) in [7, 11) is 0. The van der Waals surface area contributed by atoms with Crippen molar-refractivity contribution in [3.05, 3.63) is 20.8 Å². The average molecular weight is 363 g/mol. The number of aromatic nitrogens is 3. The van der Waals surface area contributed by atoms with Crippen molar-refractivity contribution in [2.45, 2.75) is 60.4 Å². The Kier molecular flexibility index (Phi) is 4.26. The molecule has 7 heteroatoms. The van der Waals surface area contributed by atoms with Gasteiger partial charge in [0, 0.05) is 4.88 Å². The first-order chi connectivity index (χ1) is 11.5. The van der Waals surface area contributed by atoms with E-state index >= 15 is 0 Å². The number of fused-ring (bicyclic) bond motifs is 3. The fourth-order valence-corrected chi connectivity index (χ4v) is 4.65. The Morgan fingerprint density at radius 1 is 1.32 bits per heavy atom. The van der Waals surface area contributed by atoms with Crippen molar-refractivity contribution >= 4 is 27.5 Å². The second-order valence-electron chi connectivity index (χ2n) is 8.73. The van der Waals surface area contributed by atoms with Crippen LogP contribution in [0.15, 0.2) is 4.79 Å². The van der Waals surface area contributed by atoms with Crippen LogP contribution in [0.25, 0.3) is 10.2 Å². The van der Waals surface area contributed by atoms with Gasteiger partial charge in [0.15, 0.2) is 4.83 Å². The summed E-state index contributed by atoms with van der Waals surface area (Å²) in [6, 6.07) is 0. The minimum Gasteiger partial charge on any atom is -0.481 e. The van der Waals surface area contributed by atoms with Crippen molar-refractivity contribution in [3.8, 4) is 0 Å². The molecule has 2 aromatic heterocycles. The molecule has 0 bridgehead atoms. The quantitative estimate of drug-likeness (QED) is 0.905. The summed E-state index contributed by atoms with van der Waals surface area (Å²) in [6.45, 7) is 9.97. The second kappa shape index (κ2) is 5.90. The maximum atomic E-state index is 12.9. The van der Waals surface area contributed by atoms with E-state index in [1.165, 1.54) is 9.56 Å². The second-order valence-corrected chi connectivity index (χ2v) is 9.81. The number of aliphatic carboxylic acids is 1. The Balaban J connectivity index is 2.04. The molecule has 0 fully saturated rings. The van der Waals surface area contributed by atoms with Crippen LogP contribution >= 0.6 is 11.3 Å². The molecule has 1 atom stereocenters. The van der Waals surface area contributed by atoms with Gasteiger partial charge < -0.3 is 5.11 Å². The van der Waals surface area contributed by atoms with Gasteiger partial charge in [-0.3, -0.25) is 9.59 Å². The topological polar surface area (TPSA) is 85.1 Å². The summed E-state index contributed by atoms with van der Waals surface area (Å²) < 4.78 is 1.21. The minimum atomic E-state index is -1.07. The molecule has 1 aliphatic carbocycles. The molecule has 1 unspecified atom stereocenters. The summed E-state index contributed by atoms with van der Waals surface area (Å²) in [6.07, 6.45) is 2.91. The predicted molar refractivity (Wildman–Crippen MR) is 98.1 cm³/mol. The molecular weight excluding hydrogens is 338 g/mol. The van der Waals surface area contributed by atoms with Gasteiger partial charge in [-0.05, 0) is 50.0 Å². The van der Waals surface area contributed by atoms with Crippen LogP contribution in [-0.2, 0) is 24.2 Å². The summed E-state index contributed by atoms with van der Waals surface area (Å²) in [5.41, 5.74) is 0.0542. The monoisotopic (exact) mass is 363 g/mol. The van der Waals surface area contributed by atoms with E-state index in [1.807, 2.05) is 0 Å². The smallest absolute Gasteiger partial charge is 0.310 e. The third-order valence-corrected chi connectivity index (χ3v) is 6.43. The van der Waals surface area contributed by atoms with E-state index in [0.717, 1.165) is 24.8 Å². The van der Waals surface area contributed by atoms with Crippen molar-refractivity contribution < 1.29 is 9.90 Å². The lowest BCUT2D eigenvalue weighted by Crippen LogP contribution is -2.36. The molecule has 6 nitrogen and oxygen atoms in total. The van der Waals surface area contributed by atoms with E-state index in [9.17, 15) is 14.7 Å². The molecule has 0 amide bonds. The number of carbonyl (C=O) groups is 1. The third-order valence-electron chi connectivity index (χ3n) is 5.29. The number of hydrogen-bond acceptors (Lipinski definition) is 5. The number of aryl methyl sites for hydroxylation is 1. The fourth-order valence-electron chi connectivity index (χ4n) is 3.41. The van der Waals surface area contributed by atoms with Crippen molar-refractivity contribution in [2.24, 2.45) is 16.7 Å². The first-order valence-corrected chi connectivity index (χ1v) is 9.44. The van der Waals surface area contributed by atoms with Crippen LogP contribution in [0.5, 0.6) is 0 Å². The minimum absolute atomic E-state index is 0.0132. The number of nitrogens with zero attached hydrogens (tertiary/aromatic N) is 3. The maximum absolute atomic E-state index is 12.9. The molecule has 2 aromatic rings. The highest BCUT2D eigenvalue weighted by atomic mass is 32.1. The maximum Gasteiger partial charge on any atom is 0.310 e. The zero-order valence-corrected chi connectivity index (χ0v) is 16.2. The highest BCUT2D eigenvalue weighted by Crippen LogP contribution is 2.41. The molecule has 1 aliphatic rings. The van der Waals surface area contributed by atoms with Gasteiger partial charge in [-0.1, -0.05) is 26.0 Å². The fraction of sp³-hybridized carbons (Fsp3) is 0.667. The molecule has 0 saturated heterocycles. The van der Waals surface area contributed by atoms with E-state index in [1.54, 1.807) is 25.2 Å². The lowest BCUT2D eigenvalue weighted by Gasteiger charge is -2.33. The van der Waals surface area contributed by atoms with Crippen molar-refractivity contribution in [2.75, 3.05) is 0 Å². The number of hydrogen-bond donors (Lipinski definition) is 1. The Labute approximate surface area is 150 Å². The molecule has 0 aliphatic heterocycles. The zero-order chi connectivity index (χ0) is 18.6. The molecule has 136 valence electrons. The molecule has 1 N–H and O–H groups in total. The largest absolute Gasteiger partial charge is 0.481 e. The molecule has 0 spiro atoms. The normalized spacial score (nSPS) is 18.4. The van der Waals surface area contributed by atoms with Gasteiger partial charge >= 0.3 is 5.97 Å². The van der Waals surface area contributed by atoms with Gasteiger partial charge in [0.1, 0.15) is 0 Å². The molecule has 0 saturated carbocycles. The summed E-state index contributed by atoms with van der Waals surface area (Å²) in [5, 5.41) is 18.1. The van der Waals surface area contributed by atoms with Crippen LogP contribution in [0.2, 0.25) is 0 Å².